The number of aryl methyl sites for hydroxylation is 2. The molecule has 0 aliphatic carbocycles. The van der Waals surface area contributed by atoms with E-state index in [0.717, 1.165) is 11.1 Å². The van der Waals surface area contributed by atoms with E-state index in [4.69, 9.17) is 22.1 Å². The van der Waals surface area contributed by atoms with E-state index in [0.29, 0.717) is 10.8 Å². The zero-order valence-corrected chi connectivity index (χ0v) is 18.5. The Bertz CT molecular complexity index is 994. The number of carbonyl (C=O) groups is 4. The van der Waals surface area contributed by atoms with Gasteiger partial charge in [0.1, 0.15) is 11.8 Å². The molecular formula is C22H25ClN4O5. The van der Waals surface area contributed by atoms with Gasteiger partial charge in [0.05, 0.1) is 0 Å². The molecule has 1 atom stereocenters. The minimum Gasteiger partial charge on any atom is -0.483 e. The Kier molecular flexibility index (Phi) is 9.03. The minimum absolute atomic E-state index is 0.0463. The van der Waals surface area contributed by atoms with Gasteiger partial charge in [0.2, 0.25) is 5.91 Å². The minimum atomic E-state index is -1.11. The first-order chi connectivity index (χ1) is 15.2. The van der Waals surface area contributed by atoms with Crippen LogP contribution in [0.4, 0.5) is 0 Å². The number of hydrogen-bond donors (Lipinski definition) is 4. The van der Waals surface area contributed by atoms with E-state index in [9.17, 15) is 19.2 Å². The van der Waals surface area contributed by atoms with Crippen LogP contribution in [0.25, 0.3) is 0 Å². The van der Waals surface area contributed by atoms with Gasteiger partial charge in [-0.25, -0.2) is 0 Å². The molecule has 5 N–H and O–H groups in total. The molecule has 0 spiro atoms. The van der Waals surface area contributed by atoms with Crippen molar-refractivity contribution in [1.82, 2.24) is 16.2 Å². The van der Waals surface area contributed by atoms with E-state index < -0.39 is 29.7 Å². The number of primary amides is 1. The van der Waals surface area contributed by atoms with E-state index in [1.807, 2.05) is 26.0 Å². The Morgan fingerprint density at radius 2 is 1.72 bits per heavy atom. The monoisotopic (exact) mass is 460 g/mol. The predicted molar refractivity (Wildman–Crippen MR) is 119 cm³/mol. The number of hydrogen-bond acceptors (Lipinski definition) is 5. The van der Waals surface area contributed by atoms with Crippen molar-refractivity contribution < 1.29 is 23.9 Å². The van der Waals surface area contributed by atoms with Crippen LogP contribution in [0.15, 0.2) is 42.5 Å². The van der Waals surface area contributed by atoms with Crippen LogP contribution in [0.5, 0.6) is 5.75 Å². The molecule has 0 saturated heterocycles. The molecule has 0 radical (unpaired) electrons. The van der Waals surface area contributed by atoms with Gasteiger partial charge >= 0.3 is 0 Å². The Balaban J connectivity index is 1.92. The molecule has 0 saturated carbocycles. The lowest BCUT2D eigenvalue weighted by molar-refractivity contribution is -0.131. The number of nitrogens with two attached hydrogens (primary N) is 1. The summed E-state index contributed by atoms with van der Waals surface area (Å²) < 4.78 is 5.48. The van der Waals surface area contributed by atoms with E-state index in [1.54, 1.807) is 6.07 Å². The molecule has 0 aliphatic rings. The number of benzene rings is 2. The number of nitrogens with one attached hydrogen (secondary N) is 3. The predicted octanol–water partition coefficient (Wildman–Crippen LogP) is 1.55. The van der Waals surface area contributed by atoms with Crippen molar-refractivity contribution in [2.45, 2.75) is 32.7 Å². The Labute approximate surface area is 190 Å². The maximum Gasteiger partial charge on any atom is 0.276 e. The average molecular weight is 461 g/mol. The van der Waals surface area contributed by atoms with Gasteiger partial charge in [-0.1, -0.05) is 23.7 Å². The van der Waals surface area contributed by atoms with Gasteiger partial charge in [-0.15, -0.1) is 0 Å². The highest BCUT2D eigenvalue weighted by molar-refractivity contribution is 6.30. The molecule has 170 valence electrons. The fraction of sp³-hybridized carbons (Fsp3) is 0.273. The third-order valence-electron chi connectivity index (χ3n) is 4.44. The van der Waals surface area contributed by atoms with Crippen molar-refractivity contribution in [2.24, 2.45) is 5.73 Å². The molecule has 0 bridgehead atoms. The average Bonchev–Trinajstić information content (AvgIpc) is 2.75. The molecule has 0 heterocycles. The Morgan fingerprint density at radius 1 is 1.03 bits per heavy atom. The number of halogens is 1. The van der Waals surface area contributed by atoms with Crippen molar-refractivity contribution in [1.29, 1.82) is 0 Å². The summed E-state index contributed by atoms with van der Waals surface area (Å²) in [6.07, 6.45) is -0.183. The summed E-state index contributed by atoms with van der Waals surface area (Å²) in [7, 11) is 0. The first-order valence-corrected chi connectivity index (χ1v) is 10.2. The normalized spacial score (nSPS) is 11.2. The van der Waals surface area contributed by atoms with Crippen LogP contribution in [0.2, 0.25) is 5.02 Å². The second-order valence-electron chi connectivity index (χ2n) is 7.13. The summed E-state index contributed by atoms with van der Waals surface area (Å²) in [4.78, 5) is 48.1. The standard InChI is InChI=1S/C22H25ClN4O5/c1-13-3-4-14(2)18(11-13)32-12-20(29)26-27-22(31)17(9-10-19(24)28)25-21(30)15-5-7-16(23)8-6-15/h3-8,11,17H,9-10,12H2,1-2H3,(H2,24,28)(H,25,30)(H,26,29)(H,27,31)/t17-/m1/s1. The van der Waals surface area contributed by atoms with Gasteiger partial charge in [-0.2, -0.15) is 0 Å². The summed E-state index contributed by atoms with van der Waals surface area (Å²) in [5.74, 6) is -1.93. The first-order valence-electron chi connectivity index (χ1n) is 9.79. The topological polar surface area (TPSA) is 140 Å². The fourth-order valence-corrected chi connectivity index (χ4v) is 2.78. The third-order valence-corrected chi connectivity index (χ3v) is 4.69. The molecule has 2 aromatic carbocycles. The van der Waals surface area contributed by atoms with Crippen LogP contribution in [-0.2, 0) is 14.4 Å². The van der Waals surface area contributed by atoms with Crippen molar-refractivity contribution in [3.05, 3.63) is 64.2 Å². The van der Waals surface area contributed by atoms with Crippen LogP contribution < -0.4 is 26.6 Å². The van der Waals surface area contributed by atoms with Crippen LogP contribution in [-0.4, -0.2) is 36.3 Å². The van der Waals surface area contributed by atoms with Gasteiger partial charge in [0, 0.05) is 17.0 Å². The van der Waals surface area contributed by atoms with Crippen molar-refractivity contribution in [3.63, 3.8) is 0 Å². The molecule has 0 unspecified atom stereocenters. The number of hydrazine groups is 1. The van der Waals surface area contributed by atoms with Gasteiger partial charge in [-0.3, -0.25) is 30.0 Å². The van der Waals surface area contributed by atoms with Gasteiger partial charge < -0.3 is 15.8 Å². The van der Waals surface area contributed by atoms with Gasteiger partial charge in [-0.05, 0) is 61.7 Å². The van der Waals surface area contributed by atoms with Crippen molar-refractivity contribution >= 4 is 35.2 Å². The zero-order chi connectivity index (χ0) is 23.7. The smallest absolute Gasteiger partial charge is 0.276 e. The molecule has 0 aromatic heterocycles. The van der Waals surface area contributed by atoms with Crippen LogP contribution in [0.1, 0.15) is 34.3 Å². The summed E-state index contributed by atoms with van der Waals surface area (Å²) in [5.41, 5.74) is 11.7. The van der Waals surface area contributed by atoms with E-state index in [-0.39, 0.29) is 25.0 Å². The molecule has 32 heavy (non-hydrogen) atoms. The highest BCUT2D eigenvalue weighted by Crippen LogP contribution is 2.18. The number of carbonyl (C=O) groups excluding carboxylic acids is 4. The zero-order valence-electron chi connectivity index (χ0n) is 17.7. The van der Waals surface area contributed by atoms with Crippen molar-refractivity contribution in [3.8, 4) is 5.75 Å². The second kappa shape index (κ2) is 11.7. The van der Waals surface area contributed by atoms with Crippen LogP contribution in [0, 0.1) is 13.8 Å². The lowest BCUT2D eigenvalue weighted by Gasteiger charge is -2.18. The number of rotatable bonds is 9. The van der Waals surface area contributed by atoms with E-state index in [2.05, 4.69) is 16.2 Å². The van der Waals surface area contributed by atoms with E-state index >= 15 is 0 Å². The summed E-state index contributed by atoms with van der Waals surface area (Å²) in [6.45, 7) is 3.42. The quantitative estimate of drug-likeness (QED) is 0.420. The molecule has 0 aliphatic heterocycles. The molecule has 2 rings (SSSR count). The third kappa shape index (κ3) is 7.92. The fourth-order valence-electron chi connectivity index (χ4n) is 2.66. The molecule has 9 nitrogen and oxygen atoms in total. The maximum atomic E-state index is 12.5. The number of ether oxygens (including phenoxy) is 1. The molecule has 2 aromatic rings. The second-order valence-corrected chi connectivity index (χ2v) is 7.57. The maximum absolute atomic E-state index is 12.5. The largest absolute Gasteiger partial charge is 0.483 e. The lowest BCUT2D eigenvalue weighted by Crippen LogP contribution is -2.53. The molecule has 10 heteroatoms. The molecule has 0 fully saturated rings. The number of amides is 4. The lowest BCUT2D eigenvalue weighted by atomic mass is 10.1. The SMILES string of the molecule is Cc1ccc(C)c(OCC(=O)NNC(=O)[C@@H](CCC(N)=O)NC(=O)c2ccc(Cl)cc2)c1. The highest BCUT2D eigenvalue weighted by Gasteiger charge is 2.22. The highest BCUT2D eigenvalue weighted by atomic mass is 35.5. The van der Waals surface area contributed by atoms with E-state index in [1.165, 1.54) is 24.3 Å². The van der Waals surface area contributed by atoms with Gasteiger partial charge in [0.15, 0.2) is 6.61 Å². The Hall–Kier alpha value is -3.59. The first kappa shape index (κ1) is 24.7. The van der Waals surface area contributed by atoms with Gasteiger partial charge in [0.25, 0.3) is 17.7 Å². The Morgan fingerprint density at radius 3 is 2.38 bits per heavy atom. The van der Waals surface area contributed by atoms with Crippen LogP contribution in [0.3, 0.4) is 0 Å². The summed E-state index contributed by atoms with van der Waals surface area (Å²) in [6, 6.07) is 10.5. The molecule has 4 amide bonds. The van der Waals surface area contributed by atoms with Crippen LogP contribution >= 0.6 is 11.6 Å². The molecular weight excluding hydrogens is 436 g/mol. The van der Waals surface area contributed by atoms with Crippen molar-refractivity contribution in [2.75, 3.05) is 6.61 Å². The summed E-state index contributed by atoms with van der Waals surface area (Å²) >= 11 is 5.81. The summed E-state index contributed by atoms with van der Waals surface area (Å²) in [5, 5.41) is 2.97.